The molecule has 2 aromatic carbocycles. The number of Topliss-reactive ketones (excluding diaryl/α,β-unsaturated/α-hetero) is 1. The van der Waals surface area contributed by atoms with E-state index in [1.165, 1.54) is 35.5 Å². The Hall–Kier alpha value is -3.40. The summed E-state index contributed by atoms with van der Waals surface area (Å²) in [6.45, 7) is 0. The number of nitriles is 1. The molecule has 2 aromatic rings. The third-order valence-corrected chi connectivity index (χ3v) is 4.10. The van der Waals surface area contributed by atoms with Crippen molar-refractivity contribution in [1.29, 1.82) is 5.26 Å². The standard InChI is InChI=1S/C20H21NO6/c1-23-15-8-6-12(10-17(15)25-3)14(11-21)18(22)13-7-9-16(24-2)20(27-5)19(13)26-4/h6-10,14H,1-5H3. The minimum Gasteiger partial charge on any atom is -0.493 e. The number of benzene rings is 2. The summed E-state index contributed by atoms with van der Waals surface area (Å²) >= 11 is 0. The Labute approximate surface area is 158 Å². The van der Waals surface area contributed by atoms with Gasteiger partial charge in [-0.05, 0) is 29.8 Å². The van der Waals surface area contributed by atoms with Crippen LogP contribution in [0.3, 0.4) is 0 Å². The molecule has 0 saturated carbocycles. The molecule has 7 nitrogen and oxygen atoms in total. The average Bonchev–Trinajstić information content (AvgIpc) is 2.72. The van der Waals surface area contributed by atoms with E-state index in [9.17, 15) is 10.1 Å². The van der Waals surface area contributed by atoms with Gasteiger partial charge in [0.25, 0.3) is 0 Å². The van der Waals surface area contributed by atoms with Crippen LogP contribution in [0.1, 0.15) is 21.8 Å². The van der Waals surface area contributed by atoms with Gasteiger partial charge >= 0.3 is 0 Å². The fraction of sp³-hybridized carbons (Fsp3) is 0.300. The number of methoxy groups -OCH3 is 5. The van der Waals surface area contributed by atoms with Gasteiger partial charge < -0.3 is 23.7 Å². The number of hydrogen-bond donors (Lipinski definition) is 0. The molecule has 0 aliphatic rings. The van der Waals surface area contributed by atoms with Gasteiger partial charge in [-0.2, -0.15) is 5.26 Å². The predicted octanol–water partition coefficient (Wildman–Crippen LogP) is 3.22. The van der Waals surface area contributed by atoms with Crippen LogP contribution in [0.4, 0.5) is 0 Å². The summed E-state index contributed by atoms with van der Waals surface area (Å²) < 4.78 is 26.4. The molecule has 0 amide bonds. The summed E-state index contributed by atoms with van der Waals surface area (Å²) in [5.74, 6) is 0.374. The van der Waals surface area contributed by atoms with E-state index in [1.807, 2.05) is 6.07 Å². The molecule has 0 aliphatic carbocycles. The fourth-order valence-electron chi connectivity index (χ4n) is 2.77. The molecule has 0 aliphatic heterocycles. The maximum atomic E-state index is 13.1. The molecule has 0 saturated heterocycles. The maximum absolute atomic E-state index is 13.1. The van der Waals surface area contributed by atoms with Crippen molar-refractivity contribution >= 4 is 5.78 Å². The third kappa shape index (κ3) is 3.75. The Morgan fingerprint density at radius 2 is 1.41 bits per heavy atom. The maximum Gasteiger partial charge on any atom is 0.204 e. The van der Waals surface area contributed by atoms with Crippen LogP contribution in [0, 0.1) is 11.3 Å². The van der Waals surface area contributed by atoms with E-state index in [2.05, 4.69) is 0 Å². The Balaban J connectivity index is 2.54. The Morgan fingerprint density at radius 3 is 1.93 bits per heavy atom. The second-order valence-electron chi connectivity index (χ2n) is 5.42. The molecule has 0 radical (unpaired) electrons. The minimum atomic E-state index is -1.06. The van der Waals surface area contributed by atoms with Gasteiger partial charge in [-0.25, -0.2) is 0 Å². The summed E-state index contributed by atoms with van der Waals surface area (Å²) in [7, 11) is 7.36. The van der Waals surface area contributed by atoms with Crippen LogP contribution in [-0.4, -0.2) is 41.3 Å². The normalized spacial score (nSPS) is 11.1. The van der Waals surface area contributed by atoms with E-state index < -0.39 is 11.7 Å². The highest BCUT2D eigenvalue weighted by atomic mass is 16.5. The number of rotatable bonds is 8. The number of carbonyl (C=O) groups is 1. The van der Waals surface area contributed by atoms with Gasteiger partial charge in [-0.15, -0.1) is 0 Å². The highest BCUT2D eigenvalue weighted by Gasteiger charge is 2.28. The second-order valence-corrected chi connectivity index (χ2v) is 5.42. The smallest absolute Gasteiger partial charge is 0.204 e. The first-order valence-electron chi connectivity index (χ1n) is 8.00. The molecular weight excluding hydrogens is 350 g/mol. The SMILES string of the molecule is COc1ccc(C(C#N)C(=O)c2ccc(OC)c(OC)c2OC)cc1OC. The van der Waals surface area contributed by atoms with Gasteiger partial charge in [0, 0.05) is 0 Å². The molecule has 27 heavy (non-hydrogen) atoms. The largest absolute Gasteiger partial charge is 0.493 e. The van der Waals surface area contributed by atoms with Gasteiger partial charge in [0.15, 0.2) is 28.8 Å². The lowest BCUT2D eigenvalue weighted by atomic mass is 9.91. The van der Waals surface area contributed by atoms with E-state index in [4.69, 9.17) is 23.7 Å². The van der Waals surface area contributed by atoms with Crippen molar-refractivity contribution in [1.82, 2.24) is 0 Å². The van der Waals surface area contributed by atoms with Crippen LogP contribution in [0.25, 0.3) is 0 Å². The monoisotopic (exact) mass is 371 g/mol. The minimum absolute atomic E-state index is 0.211. The molecule has 0 fully saturated rings. The number of carbonyl (C=O) groups excluding carboxylic acids is 1. The predicted molar refractivity (Wildman–Crippen MR) is 98.3 cm³/mol. The Morgan fingerprint density at radius 1 is 0.815 bits per heavy atom. The summed E-state index contributed by atoms with van der Waals surface area (Å²) in [6, 6.07) is 10.1. The van der Waals surface area contributed by atoms with Crippen molar-refractivity contribution in [2.75, 3.05) is 35.5 Å². The summed E-state index contributed by atoms with van der Waals surface area (Å²) in [4.78, 5) is 13.1. The lowest BCUT2D eigenvalue weighted by molar-refractivity contribution is 0.0975. The van der Waals surface area contributed by atoms with Crippen molar-refractivity contribution in [2.45, 2.75) is 5.92 Å². The third-order valence-electron chi connectivity index (χ3n) is 4.10. The molecular formula is C20H21NO6. The zero-order chi connectivity index (χ0) is 20.0. The van der Waals surface area contributed by atoms with E-state index >= 15 is 0 Å². The topological polar surface area (TPSA) is 87.0 Å². The first-order valence-corrected chi connectivity index (χ1v) is 8.00. The lowest BCUT2D eigenvalue weighted by Gasteiger charge is -2.17. The second kappa shape index (κ2) is 8.81. The van der Waals surface area contributed by atoms with Crippen molar-refractivity contribution in [3.05, 3.63) is 41.5 Å². The van der Waals surface area contributed by atoms with E-state index in [-0.39, 0.29) is 17.1 Å². The number of ketones is 1. The van der Waals surface area contributed by atoms with Gasteiger partial charge in [-0.1, -0.05) is 6.07 Å². The van der Waals surface area contributed by atoms with Crippen molar-refractivity contribution < 1.29 is 28.5 Å². The quantitative estimate of drug-likeness (QED) is 0.658. The van der Waals surface area contributed by atoms with Crippen LogP contribution in [-0.2, 0) is 0 Å². The zero-order valence-corrected chi connectivity index (χ0v) is 15.9. The molecule has 7 heteroatoms. The van der Waals surface area contributed by atoms with Gasteiger partial charge in [0.2, 0.25) is 5.75 Å². The van der Waals surface area contributed by atoms with Crippen molar-refractivity contribution in [3.63, 3.8) is 0 Å². The molecule has 0 heterocycles. The lowest BCUT2D eigenvalue weighted by Crippen LogP contribution is -2.13. The molecule has 2 rings (SSSR count). The highest BCUT2D eigenvalue weighted by Crippen LogP contribution is 2.41. The van der Waals surface area contributed by atoms with Crippen LogP contribution < -0.4 is 23.7 Å². The first kappa shape index (κ1) is 19.9. The molecule has 1 unspecified atom stereocenters. The van der Waals surface area contributed by atoms with Crippen molar-refractivity contribution in [3.8, 4) is 34.8 Å². The Kier molecular flexibility index (Phi) is 6.50. The molecule has 0 spiro atoms. The highest BCUT2D eigenvalue weighted by molar-refractivity contribution is 6.05. The molecule has 0 bridgehead atoms. The van der Waals surface area contributed by atoms with Gasteiger partial charge in [0.05, 0.1) is 47.2 Å². The first-order chi connectivity index (χ1) is 13.1. The van der Waals surface area contributed by atoms with Gasteiger partial charge in [-0.3, -0.25) is 4.79 Å². The van der Waals surface area contributed by atoms with Gasteiger partial charge in [0.1, 0.15) is 5.92 Å². The molecule has 0 aromatic heterocycles. The number of hydrogen-bond acceptors (Lipinski definition) is 7. The Bertz CT molecular complexity index is 872. The summed E-state index contributed by atoms with van der Waals surface area (Å²) in [5, 5.41) is 9.65. The average molecular weight is 371 g/mol. The van der Waals surface area contributed by atoms with Crippen molar-refractivity contribution in [2.24, 2.45) is 0 Å². The molecule has 142 valence electrons. The summed E-state index contributed by atoms with van der Waals surface area (Å²) in [5.41, 5.74) is 0.702. The van der Waals surface area contributed by atoms with Crippen LogP contribution in [0.2, 0.25) is 0 Å². The van der Waals surface area contributed by atoms with E-state index in [0.717, 1.165) is 0 Å². The summed E-state index contributed by atoms with van der Waals surface area (Å²) in [6.07, 6.45) is 0. The fourth-order valence-corrected chi connectivity index (χ4v) is 2.77. The number of ether oxygens (including phenoxy) is 5. The van der Waals surface area contributed by atoms with E-state index in [1.54, 1.807) is 30.3 Å². The zero-order valence-electron chi connectivity index (χ0n) is 15.9. The molecule has 1 atom stereocenters. The molecule has 0 N–H and O–H groups in total. The van der Waals surface area contributed by atoms with Crippen LogP contribution in [0.15, 0.2) is 30.3 Å². The van der Waals surface area contributed by atoms with E-state index in [0.29, 0.717) is 22.8 Å². The van der Waals surface area contributed by atoms with Crippen LogP contribution in [0.5, 0.6) is 28.7 Å². The number of nitrogens with zero attached hydrogens (tertiary/aromatic N) is 1. The van der Waals surface area contributed by atoms with Crippen LogP contribution >= 0.6 is 0 Å².